The molecule has 2 N–H and O–H groups in total. The van der Waals surface area contributed by atoms with Crippen LogP contribution < -0.4 is 11.0 Å². The standard InChI is InChI=1S/C20H17N5O2/c1-13(25-12-22-18-9-5-3-7-16(18)20(25)27)19(26)24-23-11-14-10-21-17-8-4-2-6-15(14)17/h2-13,21H,1H3,(H,24,26)/b23-11+/t13-/m0/s1. The van der Waals surface area contributed by atoms with Crippen molar-refractivity contribution in [1.29, 1.82) is 0 Å². The fourth-order valence-electron chi connectivity index (χ4n) is 2.94. The van der Waals surface area contributed by atoms with Crippen LogP contribution in [0.2, 0.25) is 0 Å². The van der Waals surface area contributed by atoms with Crippen molar-refractivity contribution in [3.8, 4) is 0 Å². The van der Waals surface area contributed by atoms with Crippen molar-refractivity contribution >= 4 is 33.9 Å². The number of carbonyl (C=O) groups is 1. The van der Waals surface area contributed by atoms with E-state index in [1.165, 1.54) is 10.9 Å². The quantitative estimate of drug-likeness (QED) is 0.433. The maximum absolute atomic E-state index is 12.6. The summed E-state index contributed by atoms with van der Waals surface area (Å²) in [6.45, 7) is 1.63. The zero-order valence-corrected chi connectivity index (χ0v) is 14.6. The Morgan fingerprint density at radius 3 is 2.78 bits per heavy atom. The molecule has 0 spiro atoms. The fraction of sp³-hybridized carbons (Fsp3) is 0.100. The minimum atomic E-state index is -0.741. The van der Waals surface area contributed by atoms with Crippen LogP contribution in [0, 0.1) is 0 Å². The normalized spacial score (nSPS) is 12.6. The highest BCUT2D eigenvalue weighted by atomic mass is 16.2. The smallest absolute Gasteiger partial charge is 0.262 e. The molecule has 0 aliphatic rings. The topological polar surface area (TPSA) is 92.1 Å². The van der Waals surface area contributed by atoms with E-state index in [0.29, 0.717) is 10.9 Å². The van der Waals surface area contributed by atoms with Gasteiger partial charge in [0.05, 0.1) is 23.4 Å². The van der Waals surface area contributed by atoms with Crippen LogP contribution >= 0.6 is 0 Å². The molecule has 0 fully saturated rings. The van der Waals surface area contributed by atoms with Crippen LogP contribution in [-0.2, 0) is 4.79 Å². The number of rotatable bonds is 4. The highest BCUT2D eigenvalue weighted by Crippen LogP contribution is 2.15. The Balaban J connectivity index is 1.53. The molecular formula is C20H17N5O2. The lowest BCUT2D eigenvalue weighted by molar-refractivity contribution is -0.123. The van der Waals surface area contributed by atoms with Gasteiger partial charge in [-0.3, -0.25) is 14.2 Å². The second kappa shape index (κ2) is 6.87. The number of para-hydroxylation sites is 2. The lowest BCUT2D eigenvalue weighted by Crippen LogP contribution is -2.33. The van der Waals surface area contributed by atoms with Crippen LogP contribution in [-0.4, -0.2) is 26.7 Å². The molecule has 2 aromatic heterocycles. The van der Waals surface area contributed by atoms with Crippen LogP contribution in [0.1, 0.15) is 18.5 Å². The summed E-state index contributed by atoms with van der Waals surface area (Å²) in [5.41, 5.74) is 4.69. The molecule has 0 bridgehead atoms. The lowest BCUT2D eigenvalue weighted by atomic mass is 10.2. The van der Waals surface area contributed by atoms with Crippen molar-refractivity contribution in [2.45, 2.75) is 13.0 Å². The number of aromatic amines is 1. The predicted octanol–water partition coefficient (Wildman–Crippen LogP) is 2.59. The van der Waals surface area contributed by atoms with E-state index in [9.17, 15) is 9.59 Å². The minimum absolute atomic E-state index is 0.260. The number of hydrazone groups is 1. The molecule has 27 heavy (non-hydrogen) atoms. The summed E-state index contributed by atoms with van der Waals surface area (Å²) >= 11 is 0. The first-order valence-corrected chi connectivity index (χ1v) is 8.50. The summed E-state index contributed by atoms with van der Waals surface area (Å²) in [5.74, 6) is -0.398. The van der Waals surface area contributed by atoms with Gasteiger partial charge in [-0.1, -0.05) is 30.3 Å². The fourth-order valence-corrected chi connectivity index (χ4v) is 2.94. The molecule has 4 rings (SSSR count). The second-order valence-corrected chi connectivity index (χ2v) is 6.17. The monoisotopic (exact) mass is 359 g/mol. The molecule has 0 radical (unpaired) electrons. The number of nitrogens with one attached hydrogen (secondary N) is 2. The second-order valence-electron chi connectivity index (χ2n) is 6.17. The van der Waals surface area contributed by atoms with Gasteiger partial charge in [-0.2, -0.15) is 5.10 Å². The van der Waals surface area contributed by atoms with Gasteiger partial charge in [0.1, 0.15) is 6.04 Å². The van der Waals surface area contributed by atoms with Crippen LogP contribution in [0.25, 0.3) is 21.8 Å². The summed E-state index contributed by atoms with van der Waals surface area (Å²) in [6, 6.07) is 14.1. The van der Waals surface area contributed by atoms with E-state index in [1.54, 1.807) is 31.3 Å². The Morgan fingerprint density at radius 2 is 1.93 bits per heavy atom. The third-order valence-electron chi connectivity index (χ3n) is 4.49. The first-order chi connectivity index (χ1) is 13.1. The number of aromatic nitrogens is 3. The molecule has 134 valence electrons. The van der Waals surface area contributed by atoms with Gasteiger partial charge < -0.3 is 4.98 Å². The molecule has 4 aromatic rings. The van der Waals surface area contributed by atoms with Gasteiger partial charge in [-0.15, -0.1) is 0 Å². The molecule has 7 heteroatoms. The summed E-state index contributed by atoms with van der Waals surface area (Å²) in [5, 5.41) is 5.51. The number of carbonyl (C=O) groups excluding carboxylic acids is 1. The maximum atomic E-state index is 12.6. The molecule has 1 atom stereocenters. The number of benzene rings is 2. The Kier molecular flexibility index (Phi) is 4.25. The van der Waals surface area contributed by atoms with E-state index >= 15 is 0 Å². The van der Waals surface area contributed by atoms with Crippen molar-refractivity contribution in [1.82, 2.24) is 20.0 Å². The first-order valence-electron chi connectivity index (χ1n) is 8.50. The number of hydrogen-bond donors (Lipinski definition) is 2. The van der Waals surface area contributed by atoms with Crippen LogP contribution in [0.15, 0.2) is 71.0 Å². The summed E-state index contributed by atoms with van der Waals surface area (Å²) < 4.78 is 1.30. The zero-order valence-electron chi connectivity index (χ0n) is 14.6. The SMILES string of the molecule is C[C@@H](C(=O)N/N=C/c1c[nH]c2ccccc12)n1cnc2ccccc2c1=O. The third-order valence-corrected chi connectivity index (χ3v) is 4.49. The van der Waals surface area contributed by atoms with Gasteiger partial charge in [-0.25, -0.2) is 10.4 Å². The van der Waals surface area contributed by atoms with Crippen molar-refractivity contribution in [2.75, 3.05) is 0 Å². The van der Waals surface area contributed by atoms with E-state index in [4.69, 9.17) is 0 Å². The molecule has 0 unspecified atom stereocenters. The predicted molar refractivity (Wildman–Crippen MR) is 105 cm³/mol. The van der Waals surface area contributed by atoms with Crippen LogP contribution in [0.5, 0.6) is 0 Å². The first kappa shape index (κ1) is 16.7. The lowest BCUT2D eigenvalue weighted by Gasteiger charge is -2.13. The number of hydrogen-bond acceptors (Lipinski definition) is 4. The Labute approximate surface area is 154 Å². The van der Waals surface area contributed by atoms with Gasteiger partial charge in [0.25, 0.3) is 11.5 Å². The van der Waals surface area contributed by atoms with Gasteiger partial charge in [0, 0.05) is 22.7 Å². The molecule has 1 amide bonds. The Hall–Kier alpha value is -3.74. The average molecular weight is 359 g/mol. The van der Waals surface area contributed by atoms with E-state index in [2.05, 4.69) is 20.5 Å². The van der Waals surface area contributed by atoms with Crippen molar-refractivity contribution in [2.24, 2.45) is 5.10 Å². The Morgan fingerprint density at radius 1 is 1.19 bits per heavy atom. The van der Waals surface area contributed by atoms with E-state index in [0.717, 1.165) is 16.5 Å². The van der Waals surface area contributed by atoms with Crippen LogP contribution in [0.4, 0.5) is 0 Å². The van der Waals surface area contributed by atoms with Crippen molar-refractivity contribution < 1.29 is 4.79 Å². The van der Waals surface area contributed by atoms with Gasteiger partial charge >= 0.3 is 0 Å². The summed E-state index contributed by atoms with van der Waals surface area (Å²) in [7, 11) is 0. The van der Waals surface area contributed by atoms with E-state index in [-0.39, 0.29) is 5.56 Å². The van der Waals surface area contributed by atoms with E-state index in [1.807, 2.05) is 36.5 Å². The molecule has 0 aliphatic heterocycles. The van der Waals surface area contributed by atoms with Gasteiger partial charge in [0.15, 0.2) is 0 Å². The molecule has 0 saturated carbocycles. The third kappa shape index (κ3) is 3.10. The summed E-state index contributed by atoms with van der Waals surface area (Å²) in [4.78, 5) is 32.4. The van der Waals surface area contributed by atoms with E-state index < -0.39 is 11.9 Å². The molecular weight excluding hydrogens is 342 g/mol. The van der Waals surface area contributed by atoms with Gasteiger partial charge in [0.2, 0.25) is 0 Å². The largest absolute Gasteiger partial charge is 0.361 e. The molecule has 7 nitrogen and oxygen atoms in total. The number of amides is 1. The van der Waals surface area contributed by atoms with Crippen LogP contribution in [0.3, 0.4) is 0 Å². The van der Waals surface area contributed by atoms with Crippen molar-refractivity contribution in [3.63, 3.8) is 0 Å². The highest BCUT2D eigenvalue weighted by molar-refractivity contribution is 5.99. The maximum Gasteiger partial charge on any atom is 0.262 e. The highest BCUT2D eigenvalue weighted by Gasteiger charge is 2.17. The Bertz CT molecular complexity index is 1220. The molecule has 2 aromatic carbocycles. The number of nitrogens with zero attached hydrogens (tertiary/aromatic N) is 3. The van der Waals surface area contributed by atoms with Crippen molar-refractivity contribution in [3.05, 3.63) is 77.0 Å². The number of fused-ring (bicyclic) bond motifs is 2. The molecule has 2 heterocycles. The summed E-state index contributed by atoms with van der Waals surface area (Å²) in [6.07, 6.45) is 4.78. The number of H-pyrrole nitrogens is 1. The average Bonchev–Trinajstić information content (AvgIpc) is 3.11. The molecule has 0 aliphatic carbocycles. The van der Waals surface area contributed by atoms with Gasteiger partial charge in [-0.05, 0) is 25.1 Å². The zero-order chi connectivity index (χ0) is 18.8. The molecule has 0 saturated heterocycles. The minimum Gasteiger partial charge on any atom is -0.361 e.